The van der Waals surface area contributed by atoms with Crippen LogP contribution in [0.15, 0.2) is 18.2 Å². The largest absolute Gasteiger partial charge is 0.508 e. The molecule has 0 aliphatic heterocycles. The second-order valence-electron chi connectivity index (χ2n) is 3.20. The highest BCUT2D eigenvalue weighted by Gasteiger charge is 2.00. The first-order valence-electron chi connectivity index (χ1n) is 4.77. The number of phenols is 1. The van der Waals surface area contributed by atoms with Crippen molar-refractivity contribution in [3.05, 3.63) is 23.8 Å². The number of rotatable bonds is 4. The Kier molecular flexibility index (Phi) is 3.62. The molecule has 1 aromatic rings. The van der Waals surface area contributed by atoms with E-state index in [1.165, 1.54) is 0 Å². The van der Waals surface area contributed by atoms with E-state index in [2.05, 4.69) is 12.2 Å². The van der Waals surface area contributed by atoms with Crippen LogP contribution in [0.2, 0.25) is 0 Å². The molecule has 0 atom stereocenters. The molecule has 2 N–H and O–H groups in total. The van der Waals surface area contributed by atoms with Crippen LogP contribution in [0.5, 0.6) is 5.75 Å². The van der Waals surface area contributed by atoms with Crippen LogP contribution in [0.4, 0.5) is 5.69 Å². The highest BCUT2D eigenvalue weighted by atomic mass is 16.3. The molecule has 1 aromatic carbocycles. The van der Waals surface area contributed by atoms with E-state index in [0.717, 1.165) is 30.5 Å². The monoisotopic (exact) mass is 179 g/mol. The molecule has 0 aromatic heterocycles. The molecule has 0 spiro atoms. The Morgan fingerprint density at radius 2 is 2.15 bits per heavy atom. The van der Waals surface area contributed by atoms with Crippen molar-refractivity contribution < 1.29 is 5.11 Å². The maximum atomic E-state index is 9.53. The molecule has 2 nitrogen and oxygen atoms in total. The number of nitrogens with one attached hydrogen (secondary N) is 1. The van der Waals surface area contributed by atoms with Gasteiger partial charge in [0.1, 0.15) is 5.75 Å². The predicted molar refractivity (Wildman–Crippen MR) is 56.3 cm³/mol. The van der Waals surface area contributed by atoms with Gasteiger partial charge in [-0.05, 0) is 36.6 Å². The van der Waals surface area contributed by atoms with Crippen molar-refractivity contribution >= 4 is 5.69 Å². The number of anilines is 1. The summed E-state index contributed by atoms with van der Waals surface area (Å²) in [4.78, 5) is 0. The first kappa shape index (κ1) is 9.90. The van der Waals surface area contributed by atoms with Gasteiger partial charge < -0.3 is 10.4 Å². The molecule has 13 heavy (non-hydrogen) atoms. The number of benzene rings is 1. The van der Waals surface area contributed by atoms with Crippen molar-refractivity contribution in [2.24, 2.45) is 0 Å². The number of hydrogen-bond donors (Lipinski definition) is 2. The number of aromatic hydroxyl groups is 1. The van der Waals surface area contributed by atoms with Gasteiger partial charge in [0.25, 0.3) is 0 Å². The summed E-state index contributed by atoms with van der Waals surface area (Å²) in [6.07, 6.45) is 3.24. The molecule has 2 heteroatoms. The van der Waals surface area contributed by atoms with E-state index >= 15 is 0 Å². The van der Waals surface area contributed by atoms with Gasteiger partial charge in [0.15, 0.2) is 0 Å². The normalized spacial score (nSPS) is 10.0. The lowest BCUT2D eigenvalue weighted by molar-refractivity contribution is 0.467. The van der Waals surface area contributed by atoms with E-state index in [0.29, 0.717) is 5.75 Å². The van der Waals surface area contributed by atoms with Crippen molar-refractivity contribution in [3.8, 4) is 5.75 Å². The number of phenolic OH excluding ortho intramolecular Hbond substituents is 1. The zero-order valence-corrected chi connectivity index (χ0v) is 8.30. The van der Waals surface area contributed by atoms with Crippen LogP contribution in [-0.2, 0) is 6.42 Å². The minimum absolute atomic E-state index is 0.410. The minimum Gasteiger partial charge on any atom is -0.508 e. The van der Waals surface area contributed by atoms with E-state index in [-0.39, 0.29) is 0 Å². The summed E-state index contributed by atoms with van der Waals surface area (Å²) in [7, 11) is 1.88. The quantitative estimate of drug-likeness (QED) is 0.696. The van der Waals surface area contributed by atoms with Gasteiger partial charge in [0.05, 0.1) is 0 Å². The molecule has 0 amide bonds. The van der Waals surface area contributed by atoms with E-state index in [1.54, 1.807) is 6.07 Å². The molecule has 0 saturated carbocycles. The fourth-order valence-corrected chi connectivity index (χ4v) is 1.31. The van der Waals surface area contributed by atoms with Crippen molar-refractivity contribution in [2.45, 2.75) is 26.2 Å². The Balaban J connectivity index is 2.78. The molecule has 1 rings (SSSR count). The molecule has 0 aliphatic rings. The van der Waals surface area contributed by atoms with Crippen LogP contribution in [-0.4, -0.2) is 12.2 Å². The molecule has 72 valence electrons. The Bertz CT molecular complexity index is 271. The summed E-state index contributed by atoms with van der Waals surface area (Å²) in [5.74, 6) is 0.410. The van der Waals surface area contributed by atoms with Crippen LogP contribution in [0, 0.1) is 0 Å². The number of hydrogen-bond acceptors (Lipinski definition) is 2. The summed E-state index contributed by atoms with van der Waals surface area (Å²) in [6, 6.07) is 5.63. The maximum Gasteiger partial charge on any atom is 0.118 e. The lowest BCUT2D eigenvalue weighted by Crippen LogP contribution is -1.91. The Labute approximate surface area is 79.6 Å². The average molecular weight is 179 g/mol. The van der Waals surface area contributed by atoms with Gasteiger partial charge in [-0.1, -0.05) is 13.3 Å². The maximum absolute atomic E-state index is 9.53. The predicted octanol–water partition coefficient (Wildman–Crippen LogP) is 2.78. The smallest absolute Gasteiger partial charge is 0.118 e. The first-order valence-corrected chi connectivity index (χ1v) is 4.77. The third kappa shape index (κ3) is 2.65. The molecular formula is C11H17NO. The van der Waals surface area contributed by atoms with Gasteiger partial charge in [0.2, 0.25) is 0 Å². The zero-order valence-electron chi connectivity index (χ0n) is 8.30. The second kappa shape index (κ2) is 4.75. The van der Waals surface area contributed by atoms with Gasteiger partial charge in [-0.3, -0.25) is 0 Å². The van der Waals surface area contributed by atoms with Gasteiger partial charge in [0, 0.05) is 12.7 Å². The summed E-state index contributed by atoms with van der Waals surface area (Å²) >= 11 is 0. The average Bonchev–Trinajstić information content (AvgIpc) is 2.17. The van der Waals surface area contributed by atoms with Crippen molar-refractivity contribution in [1.29, 1.82) is 0 Å². The fraction of sp³-hybridized carbons (Fsp3) is 0.455. The number of aryl methyl sites for hydroxylation is 1. The Morgan fingerprint density at radius 1 is 1.38 bits per heavy atom. The van der Waals surface area contributed by atoms with Crippen LogP contribution in [0.25, 0.3) is 0 Å². The zero-order chi connectivity index (χ0) is 9.68. The topological polar surface area (TPSA) is 32.3 Å². The minimum atomic E-state index is 0.410. The molecule has 0 heterocycles. The molecule has 0 radical (unpaired) electrons. The van der Waals surface area contributed by atoms with Crippen molar-refractivity contribution in [2.75, 3.05) is 12.4 Å². The standard InChI is InChI=1S/C11H17NO/c1-3-4-5-9-8-10(12-2)6-7-11(9)13/h6-8,12-13H,3-5H2,1-2H3. The SMILES string of the molecule is CCCCc1cc(NC)ccc1O. The van der Waals surface area contributed by atoms with Gasteiger partial charge in [-0.25, -0.2) is 0 Å². The van der Waals surface area contributed by atoms with E-state index in [1.807, 2.05) is 19.2 Å². The molecule has 0 unspecified atom stereocenters. The van der Waals surface area contributed by atoms with Crippen molar-refractivity contribution in [3.63, 3.8) is 0 Å². The van der Waals surface area contributed by atoms with Crippen LogP contribution >= 0.6 is 0 Å². The molecule has 0 saturated heterocycles. The molecular weight excluding hydrogens is 162 g/mol. The molecule has 0 fully saturated rings. The summed E-state index contributed by atoms with van der Waals surface area (Å²) in [6.45, 7) is 2.15. The highest BCUT2D eigenvalue weighted by molar-refractivity contribution is 5.50. The van der Waals surface area contributed by atoms with Gasteiger partial charge >= 0.3 is 0 Å². The second-order valence-corrected chi connectivity index (χ2v) is 3.20. The van der Waals surface area contributed by atoms with E-state index in [9.17, 15) is 5.11 Å². The molecule has 0 bridgehead atoms. The van der Waals surface area contributed by atoms with Crippen LogP contribution < -0.4 is 5.32 Å². The number of unbranched alkanes of at least 4 members (excludes halogenated alkanes) is 1. The van der Waals surface area contributed by atoms with E-state index < -0.39 is 0 Å². The third-order valence-electron chi connectivity index (χ3n) is 2.17. The van der Waals surface area contributed by atoms with Gasteiger partial charge in [-0.2, -0.15) is 0 Å². The van der Waals surface area contributed by atoms with Crippen LogP contribution in [0.3, 0.4) is 0 Å². The summed E-state index contributed by atoms with van der Waals surface area (Å²) < 4.78 is 0. The fourth-order valence-electron chi connectivity index (χ4n) is 1.31. The van der Waals surface area contributed by atoms with Crippen molar-refractivity contribution in [1.82, 2.24) is 0 Å². The van der Waals surface area contributed by atoms with E-state index in [4.69, 9.17) is 0 Å². The molecule has 0 aliphatic carbocycles. The Morgan fingerprint density at radius 3 is 2.77 bits per heavy atom. The Hall–Kier alpha value is -1.18. The lowest BCUT2D eigenvalue weighted by Gasteiger charge is -2.06. The van der Waals surface area contributed by atoms with Crippen LogP contribution in [0.1, 0.15) is 25.3 Å². The summed E-state index contributed by atoms with van der Waals surface area (Å²) in [5.41, 5.74) is 2.10. The summed E-state index contributed by atoms with van der Waals surface area (Å²) in [5, 5.41) is 12.6. The third-order valence-corrected chi connectivity index (χ3v) is 2.17. The highest BCUT2D eigenvalue weighted by Crippen LogP contribution is 2.22. The first-order chi connectivity index (χ1) is 6.27. The van der Waals surface area contributed by atoms with Gasteiger partial charge in [-0.15, -0.1) is 0 Å². The lowest BCUT2D eigenvalue weighted by atomic mass is 10.1.